The van der Waals surface area contributed by atoms with E-state index < -0.39 is 12.0 Å². The molecule has 26 heavy (non-hydrogen) atoms. The van der Waals surface area contributed by atoms with Crippen molar-refractivity contribution in [3.63, 3.8) is 0 Å². The molecule has 134 valence electrons. The van der Waals surface area contributed by atoms with Gasteiger partial charge < -0.3 is 0 Å². The Morgan fingerprint density at radius 2 is 1.46 bits per heavy atom. The SMILES string of the molecule is Cc1ccc(C2=NNC(=S)N=C(C(F)(F)F)N2c2ccc(C)cc2)cc1. The summed E-state index contributed by atoms with van der Waals surface area (Å²) in [6, 6.07) is 13.7. The van der Waals surface area contributed by atoms with Gasteiger partial charge in [-0.25, -0.2) is 5.43 Å². The molecular weight excluding hydrogens is 361 g/mol. The highest BCUT2D eigenvalue weighted by Gasteiger charge is 2.43. The maximum atomic E-state index is 13.7. The van der Waals surface area contributed by atoms with Crippen molar-refractivity contribution in [3.05, 3.63) is 65.2 Å². The zero-order valence-electron chi connectivity index (χ0n) is 14.0. The number of benzene rings is 2. The summed E-state index contributed by atoms with van der Waals surface area (Å²) in [7, 11) is 0. The number of aliphatic imine (C=N–C) groups is 1. The van der Waals surface area contributed by atoms with Crippen LogP contribution >= 0.6 is 12.2 Å². The molecule has 0 radical (unpaired) electrons. The fourth-order valence-electron chi connectivity index (χ4n) is 2.45. The normalized spacial score (nSPS) is 15.1. The van der Waals surface area contributed by atoms with E-state index in [9.17, 15) is 13.2 Å². The second kappa shape index (κ2) is 6.87. The van der Waals surface area contributed by atoms with Gasteiger partial charge in [-0.3, -0.25) is 4.90 Å². The van der Waals surface area contributed by atoms with Gasteiger partial charge in [-0.05, 0) is 38.2 Å². The highest BCUT2D eigenvalue weighted by Crippen LogP contribution is 2.28. The lowest BCUT2D eigenvalue weighted by atomic mass is 10.1. The number of rotatable bonds is 2. The number of halogens is 3. The molecule has 0 atom stereocenters. The highest BCUT2D eigenvalue weighted by molar-refractivity contribution is 7.80. The van der Waals surface area contributed by atoms with Crippen molar-refractivity contribution in [3.8, 4) is 0 Å². The zero-order valence-corrected chi connectivity index (χ0v) is 14.8. The molecule has 0 aromatic heterocycles. The van der Waals surface area contributed by atoms with Gasteiger partial charge in [-0.2, -0.15) is 23.3 Å². The van der Waals surface area contributed by atoms with Gasteiger partial charge in [0.25, 0.3) is 0 Å². The fraction of sp³-hybridized carbons (Fsp3) is 0.167. The average Bonchev–Trinajstić information content (AvgIpc) is 2.75. The molecule has 0 amide bonds. The van der Waals surface area contributed by atoms with Crippen LogP contribution in [0.4, 0.5) is 18.9 Å². The summed E-state index contributed by atoms with van der Waals surface area (Å²) < 4.78 is 41.2. The smallest absolute Gasteiger partial charge is 0.273 e. The molecule has 1 heterocycles. The van der Waals surface area contributed by atoms with Gasteiger partial charge in [-0.15, -0.1) is 0 Å². The Kier molecular flexibility index (Phi) is 4.78. The van der Waals surface area contributed by atoms with Gasteiger partial charge in [0.2, 0.25) is 10.9 Å². The summed E-state index contributed by atoms with van der Waals surface area (Å²) in [6.07, 6.45) is -4.72. The molecule has 8 heteroatoms. The monoisotopic (exact) mass is 376 g/mol. The summed E-state index contributed by atoms with van der Waals surface area (Å²) in [5, 5.41) is 3.73. The van der Waals surface area contributed by atoms with Crippen LogP contribution in [0, 0.1) is 13.8 Å². The quantitative estimate of drug-likeness (QED) is 0.794. The van der Waals surface area contributed by atoms with Crippen LogP contribution in [0.25, 0.3) is 0 Å². The van der Waals surface area contributed by atoms with Crippen LogP contribution in [-0.2, 0) is 0 Å². The lowest BCUT2D eigenvalue weighted by Gasteiger charge is -2.27. The van der Waals surface area contributed by atoms with Gasteiger partial charge >= 0.3 is 6.18 Å². The average molecular weight is 376 g/mol. The number of nitrogens with zero attached hydrogens (tertiary/aromatic N) is 3. The van der Waals surface area contributed by atoms with Crippen molar-refractivity contribution in [2.24, 2.45) is 10.1 Å². The molecule has 0 spiro atoms. The Hall–Kier alpha value is -2.74. The molecule has 3 rings (SSSR count). The van der Waals surface area contributed by atoms with E-state index in [-0.39, 0.29) is 16.6 Å². The van der Waals surface area contributed by atoms with Crippen molar-refractivity contribution < 1.29 is 13.2 Å². The van der Waals surface area contributed by atoms with Crippen molar-refractivity contribution in [2.75, 3.05) is 4.90 Å². The minimum Gasteiger partial charge on any atom is -0.273 e. The van der Waals surface area contributed by atoms with Crippen molar-refractivity contribution in [1.82, 2.24) is 5.43 Å². The third-order valence-electron chi connectivity index (χ3n) is 3.74. The maximum Gasteiger partial charge on any atom is 0.450 e. The van der Waals surface area contributed by atoms with E-state index in [1.54, 1.807) is 48.5 Å². The molecule has 1 aliphatic rings. The van der Waals surface area contributed by atoms with E-state index >= 15 is 0 Å². The number of alkyl halides is 3. The van der Waals surface area contributed by atoms with E-state index in [0.717, 1.165) is 16.0 Å². The molecule has 0 unspecified atom stereocenters. The first-order valence-corrected chi connectivity index (χ1v) is 8.14. The Morgan fingerprint density at radius 3 is 2.00 bits per heavy atom. The summed E-state index contributed by atoms with van der Waals surface area (Å²) in [4.78, 5) is 4.51. The van der Waals surface area contributed by atoms with Gasteiger partial charge in [0, 0.05) is 11.3 Å². The van der Waals surface area contributed by atoms with Gasteiger partial charge in [-0.1, -0.05) is 47.5 Å². The Bertz CT molecular complexity index is 884. The highest BCUT2D eigenvalue weighted by atomic mass is 32.1. The molecule has 0 bridgehead atoms. The largest absolute Gasteiger partial charge is 0.450 e. The van der Waals surface area contributed by atoms with Crippen LogP contribution < -0.4 is 10.3 Å². The number of amidine groups is 2. The fourth-order valence-corrected chi connectivity index (χ4v) is 2.58. The molecule has 1 N–H and O–H groups in total. The molecule has 0 saturated carbocycles. The molecule has 0 fully saturated rings. The van der Waals surface area contributed by atoms with Crippen LogP contribution in [-0.4, -0.2) is 23.0 Å². The molecule has 2 aromatic carbocycles. The van der Waals surface area contributed by atoms with E-state index in [1.807, 2.05) is 13.8 Å². The molecule has 0 aliphatic carbocycles. The van der Waals surface area contributed by atoms with Gasteiger partial charge in [0.05, 0.1) is 0 Å². The first kappa shape index (κ1) is 18.1. The van der Waals surface area contributed by atoms with Crippen LogP contribution in [0.2, 0.25) is 0 Å². The topological polar surface area (TPSA) is 40.0 Å². The second-order valence-electron chi connectivity index (χ2n) is 5.82. The van der Waals surface area contributed by atoms with E-state index in [2.05, 4.69) is 15.5 Å². The summed E-state index contributed by atoms with van der Waals surface area (Å²) in [5.41, 5.74) is 5.12. The Balaban J connectivity index is 2.22. The van der Waals surface area contributed by atoms with Crippen molar-refractivity contribution in [2.45, 2.75) is 20.0 Å². The van der Waals surface area contributed by atoms with Gasteiger partial charge in [0.1, 0.15) is 0 Å². The van der Waals surface area contributed by atoms with Crippen LogP contribution in [0.15, 0.2) is 58.6 Å². The molecule has 4 nitrogen and oxygen atoms in total. The van der Waals surface area contributed by atoms with Crippen molar-refractivity contribution >= 4 is 34.7 Å². The Labute approximate surface area is 154 Å². The lowest BCUT2D eigenvalue weighted by Crippen LogP contribution is -2.45. The van der Waals surface area contributed by atoms with E-state index in [4.69, 9.17) is 12.2 Å². The van der Waals surface area contributed by atoms with E-state index in [1.165, 1.54) is 0 Å². The minimum atomic E-state index is -4.72. The zero-order chi connectivity index (χ0) is 18.9. The van der Waals surface area contributed by atoms with Crippen LogP contribution in [0.1, 0.15) is 16.7 Å². The molecule has 1 aliphatic heterocycles. The summed E-state index contributed by atoms with van der Waals surface area (Å²) in [5.74, 6) is -1.08. The third kappa shape index (κ3) is 3.75. The first-order valence-electron chi connectivity index (χ1n) is 7.73. The van der Waals surface area contributed by atoms with Crippen LogP contribution in [0.5, 0.6) is 0 Å². The van der Waals surface area contributed by atoms with E-state index in [0.29, 0.717) is 5.56 Å². The number of hydrogen-bond donors (Lipinski definition) is 1. The minimum absolute atomic E-state index is 0.0600. The number of anilines is 1. The molecule has 2 aromatic rings. The summed E-state index contributed by atoms with van der Waals surface area (Å²) in [6.45, 7) is 3.75. The number of hydrogen-bond acceptors (Lipinski definition) is 3. The number of nitrogens with one attached hydrogen (secondary N) is 1. The Morgan fingerprint density at radius 1 is 0.923 bits per heavy atom. The number of aryl methyl sites for hydroxylation is 2. The predicted molar refractivity (Wildman–Crippen MR) is 101 cm³/mol. The number of hydrazone groups is 1. The van der Waals surface area contributed by atoms with Crippen LogP contribution in [0.3, 0.4) is 0 Å². The standard InChI is InChI=1S/C18H15F3N4S/c1-11-3-7-13(8-4-11)15-23-24-17(26)22-16(18(19,20)21)25(15)14-9-5-12(2)6-10-14/h3-10H,1-2H3,(H,24,26). The third-order valence-corrected chi connectivity index (χ3v) is 3.93. The van der Waals surface area contributed by atoms with Gasteiger partial charge in [0.15, 0.2) is 5.84 Å². The maximum absolute atomic E-state index is 13.7. The molecule has 0 saturated heterocycles. The molecular formula is C18H15F3N4S. The number of thiocarbonyl (C=S) groups is 1. The summed E-state index contributed by atoms with van der Waals surface area (Å²) >= 11 is 4.85. The lowest BCUT2D eigenvalue weighted by molar-refractivity contribution is -0.0594. The van der Waals surface area contributed by atoms with Crippen molar-refractivity contribution in [1.29, 1.82) is 0 Å². The predicted octanol–water partition coefficient (Wildman–Crippen LogP) is 4.32. The first-order chi connectivity index (χ1) is 12.3. The second-order valence-corrected chi connectivity index (χ2v) is 6.21.